The molecule has 28 heavy (non-hydrogen) atoms. The van der Waals surface area contributed by atoms with E-state index in [0.717, 1.165) is 17.7 Å². The monoisotopic (exact) mass is 392 g/mol. The number of halogens is 3. The molecule has 4 nitrogen and oxygen atoms in total. The highest BCUT2D eigenvalue weighted by molar-refractivity contribution is 5.92. The maximum absolute atomic E-state index is 12.9. The predicted molar refractivity (Wildman–Crippen MR) is 102 cm³/mol. The van der Waals surface area contributed by atoms with Crippen LogP contribution in [0.2, 0.25) is 0 Å². The number of rotatable bonds is 7. The normalized spacial score (nSPS) is 11.2. The van der Waals surface area contributed by atoms with Gasteiger partial charge in [-0.3, -0.25) is 9.59 Å². The third-order valence-electron chi connectivity index (χ3n) is 4.37. The predicted octanol–water partition coefficient (Wildman–Crippen LogP) is 4.50. The van der Waals surface area contributed by atoms with Crippen LogP contribution in [0.3, 0.4) is 0 Å². The van der Waals surface area contributed by atoms with Gasteiger partial charge in [-0.1, -0.05) is 36.4 Å². The fourth-order valence-electron chi connectivity index (χ4n) is 2.86. The summed E-state index contributed by atoms with van der Waals surface area (Å²) in [6.07, 6.45) is -4.47. The number of carbonyl (C=O) groups is 2. The Bertz CT molecular complexity index is 807. The van der Waals surface area contributed by atoms with Crippen LogP contribution in [0.15, 0.2) is 54.6 Å². The average Bonchev–Trinajstić information content (AvgIpc) is 2.66. The van der Waals surface area contributed by atoms with Crippen LogP contribution in [0.5, 0.6) is 0 Å². The van der Waals surface area contributed by atoms with Crippen LogP contribution >= 0.6 is 0 Å². The van der Waals surface area contributed by atoms with E-state index in [4.69, 9.17) is 0 Å². The van der Waals surface area contributed by atoms with Crippen molar-refractivity contribution < 1.29 is 22.8 Å². The molecule has 0 N–H and O–H groups in total. The molecular weight excluding hydrogens is 369 g/mol. The number of alkyl halides is 3. The number of carbonyl (C=O) groups excluding carboxylic acids is 2. The Kier molecular flexibility index (Phi) is 7.20. The van der Waals surface area contributed by atoms with E-state index in [-0.39, 0.29) is 24.6 Å². The van der Waals surface area contributed by atoms with Gasteiger partial charge < -0.3 is 9.80 Å². The maximum atomic E-state index is 12.9. The molecule has 2 aromatic rings. The Morgan fingerprint density at radius 1 is 1.00 bits per heavy atom. The standard InChI is InChI=1S/C21H23F3N2O2/c1-3-25(15-17-8-5-4-6-9-17)20(28)12-13-26(16(2)27)19-11-7-10-18(14-19)21(22,23)24/h4-11,14H,3,12-13,15H2,1-2H3. The van der Waals surface area contributed by atoms with Crippen LogP contribution < -0.4 is 4.90 Å². The number of amides is 2. The number of nitrogens with zero attached hydrogens (tertiary/aromatic N) is 2. The van der Waals surface area contributed by atoms with Gasteiger partial charge in [0.25, 0.3) is 0 Å². The van der Waals surface area contributed by atoms with Gasteiger partial charge >= 0.3 is 6.18 Å². The third kappa shape index (κ3) is 5.84. The van der Waals surface area contributed by atoms with E-state index < -0.39 is 17.6 Å². The first-order valence-electron chi connectivity index (χ1n) is 8.99. The van der Waals surface area contributed by atoms with Crippen LogP contribution in [0, 0.1) is 0 Å². The lowest BCUT2D eigenvalue weighted by Gasteiger charge is -2.25. The zero-order chi connectivity index (χ0) is 20.7. The molecule has 0 unspecified atom stereocenters. The molecule has 0 saturated heterocycles. The van der Waals surface area contributed by atoms with Gasteiger partial charge in [-0.25, -0.2) is 0 Å². The second-order valence-electron chi connectivity index (χ2n) is 6.36. The van der Waals surface area contributed by atoms with Gasteiger partial charge in [-0.15, -0.1) is 0 Å². The minimum Gasteiger partial charge on any atom is -0.339 e. The van der Waals surface area contributed by atoms with E-state index >= 15 is 0 Å². The molecule has 2 amide bonds. The highest BCUT2D eigenvalue weighted by Crippen LogP contribution is 2.31. The van der Waals surface area contributed by atoms with Gasteiger partial charge in [0.2, 0.25) is 11.8 Å². The van der Waals surface area contributed by atoms with E-state index in [1.807, 2.05) is 37.3 Å². The number of hydrogen-bond acceptors (Lipinski definition) is 2. The highest BCUT2D eigenvalue weighted by atomic mass is 19.4. The van der Waals surface area contributed by atoms with Crippen molar-refractivity contribution >= 4 is 17.5 Å². The van der Waals surface area contributed by atoms with Crippen molar-refractivity contribution in [2.75, 3.05) is 18.0 Å². The van der Waals surface area contributed by atoms with Gasteiger partial charge in [0.1, 0.15) is 0 Å². The van der Waals surface area contributed by atoms with Gasteiger partial charge in [-0.05, 0) is 30.7 Å². The molecule has 0 aliphatic rings. The molecule has 0 bridgehead atoms. The van der Waals surface area contributed by atoms with Crippen molar-refractivity contribution in [1.82, 2.24) is 4.90 Å². The summed E-state index contributed by atoms with van der Waals surface area (Å²) < 4.78 is 38.8. The summed E-state index contributed by atoms with van der Waals surface area (Å²) in [7, 11) is 0. The molecule has 0 spiro atoms. The fourth-order valence-corrected chi connectivity index (χ4v) is 2.86. The molecule has 0 aliphatic carbocycles. The van der Waals surface area contributed by atoms with Crippen molar-refractivity contribution in [3.63, 3.8) is 0 Å². The summed E-state index contributed by atoms with van der Waals surface area (Å²) in [5, 5.41) is 0. The summed E-state index contributed by atoms with van der Waals surface area (Å²) in [5.41, 5.74) is 0.280. The SMILES string of the molecule is CCN(Cc1ccccc1)C(=O)CCN(C(C)=O)c1cccc(C(F)(F)F)c1. The van der Waals surface area contributed by atoms with Crippen LogP contribution in [0.1, 0.15) is 31.4 Å². The summed E-state index contributed by atoms with van der Waals surface area (Å²) in [5.74, 6) is -0.581. The lowest BCUT2D eigenvalue weighted by molar-refractivity contribution is -0.137. The Morgan fingerprint density at radius 2 is 1.68 bits per heavy atom. The molecule has 150 valence electrons. The lowest BCUT2D eigenvalue weighted by atomic mass is 10.1. The summed E-state index contributed by atoms with van der Waals surface area (Å²) in [6, 6.07) is 14.1. The van der Waals surface area contributed by atoms with E-state index in [1.165, 1.54) is 24.0 Å². The molecule has 2 aromatic carbocycles. The van der Waals surface area contributed by atoms with E-state index in [9.17, 15) is 22.8 Å². The first kappa shape index (κ1) is 21.5. The quantitative estimate of drug-likeness (QED) is 0.696. The van der Waals surface area contributed by atoms with Crippen molar-refractivity contribution in [2.45, 2.75) is 33.0 Å². The third-order valence-corrected chi connectivity index (χ3v) is 4.37. The first-order valence-corrected chi connectivity index (χ1v) is 8.99. The van der Waals surface area contributed by atoms with Gasteiger partial charge in [0.15, 0.2) is 0 Å². The van der Waals surface area contributed by atoms with Crippen LogP contribution in [0.4, 0.5) is 18.9 Å². The van der Waals surface area contributed by atoms with Crippen LogP contribution in [-0.2, 0) is 22.3 Å². The van der Waals surface area contributed by atoms with Crippen molar-refractivity contribution in [3.8, 4) is 0 Å². The molecule has 0 heterocycles. The molecule has 0 radical (unpaired) electrons. The van der Waals surface area contributed by atoms with Gasteiger partial charge in [0, 0.05) is 38.7 Å². The largest absolute Gasteiger partial charge is 0.416 e. The fraction of sp³-hybridized carbons (Fsp3) is 0.333. The second kappa shape index (κ2) is 9.39. The van der Waals surface area contributed by atoms with Gasteiger partial charge in [-0.2, -0.15) is 13.2 Å². The first-order chi connectivity index (χ1) is 13.2. The smallest absolute Gasteiger partial charge is 0.339 e. The molecular formula is C21H23F3N2O2. The summed E-state index contributed by atoms with van der Waals surface area (Å²) in [6.45, 7) is 4.08. The molecule has 2 rings (SSSR count). The Hall–Kier alpha value is -2.83. The molecule has 0 fully saturated rings. The molecule has 0 atom stereocenters. The lowest BCUT2D eigenvalue weighted by Crippen LogP contribution is -2.36. The Balaban J connectivity index is 2.08. The van der Waals surface area contributed by atoms with Crippen LogP contribution in [0.25, 0.3) is 0 Å². The Morgan fingerprint density at radius 3 is 2.25 bits per heavy atom. The summed E-state index contributed by atoms with van der Waals surface area (Å²) >= 11 is 0. The maximum Gasteiger partial charge on any atom is 0.416 e. The molecule has 0 aliphatic heterocycles. The van der Waals surface area contributed by atoms with Crippen molar-refractivity contribution in [3.05, 3.63) is 65.7 Å². The minimum absolute atomic E-state index is 0.0146. The zero-order valence-electron chi connectivity index (χ0n) is 15.9. The average molecular weight is 392 g/mol. The van der Waals surface area contributed by atoms with E-state index in [2.05, 4.69) is 0 Å². The Labute approximate surface area is 162 Å². The van der Waals surface area contributed by atoms with Gasteiger partial charge in [0.05, 0.1) is 5.56 Å². The molecule has 7 heteroatoms. The highest BCUT2D eigenvalue weighted by Gasteiger charge is 2.31. The van der Waals surface area contributed by atoms with Crippen molar-refractivity contribution in [2.24, 2.45) is 0 Å². The second-order valence-corrected chi connectivity index (χ2v) is 6.36. The number of benzene rings is 2. The van der Waals surface area contributed by atoms with Crippen LogP contribution in [-0.4, -0.2) is 29.8 Å². The topological polar surface area (TPSA) is 40.6 Å². The number of hydrogen-bond donors (Lipinski definition) is 0. The van der Waals surface area contributed by atoms with E-state index in [1.54, 1.807) is 4.90 Å². The molecule has 0 aromatic heterocycles. The van der Waals surface area contributed by atoms with E-state index in [0.29, 0.717) is 13.1 Å². The number of anilines is 1. The molecule has 0 saturated carbocycles. The minimum atomic E-state index is -4.50. The van der Waals surface area contributed by atoms with Crippen molar-refractivity contribution in [1.29, 1.82) is 0 Å². The zero-order valence-corrected chi connectivity index (χ0v) is 15.9. The summed E-state index contributed by atoms with van der Waals surface area (Å²) in [4.78, 5) is 27.4.